The molecule has 1 N–H and O–H groups in total. The van der Waals surface area contributed by atoms with Crippen molar-refractivity contribution in [3.8, 4) is 0 Å². The highest BCUT2D eigenvalue weighted by Gasteiger charge is 2.29. The van der Waals surface area contributed by atoms with Crippen LogP contribution in [-0.4, -0.2) is 34.9 Å². The van der Waals surface area contributed by atoms with Crippen molar-refractivity contribution in [1.29, 1.82) is 0 Å². The van der Waals surface area contributed by atoms with Crippen LogP contribution in [0.25, 0.3) is 16.5 Å². The second-order valence-corrected chi connectivity index (χ2v) is 8.53. The van der Waals surface area contributed by atoms with Crippen LogP contribution in [0.2, 0.25) is 5.02 Å². The Morgan fingerprint density at radius 3 is 2.57 bits per heavy atom. The van der Waals surface area contributed by atoms with Gasteiger partial charge in [-0.25, -0.2) is 0 Å². The predicted octanol–water partition coefficient (Wildman–Crippen LogP) is 6.36. The molecule has 3 nitrogen and oxygen atoms in total. The first-order valence-electron chi connectivity index (χ1n) is 10.6. The molecular weight excluding hydrogens is 390 g/mol. The van der Waals surface area contributed by atoms with Gasteiger partial charge in [0.2, 0.25) is 0 Å². The number of nitrogens with zero attached hydrogens (tertiary/aromatic N) is 2. The van der Waals surface area contributed by atoms with E-state index in [1.54, 1.807) is 0 Å². The standard InChI is InChI=1S/C26H26ClN3/c1-29-15-17-30(18-16-29)26(20-11-13-21(27)14-12-20)24-22-9-5-6-10-23(22)28-25(24)19-7-3-2-4-8-19/h2-3,5-7,9-15,17,26,28H,4,8,16,18H2,1H3. The third-order valence-electron chi connectivity index (χ3n) is 6.10. The van der Waals surface area contributed by atoms with E-state index in [0.717, 1.165) is 31.0 Å². The lowest BCUT2D eigenvalue weighted by atomic mass is 9.90. The zero-order valence-corrected chi connectivity index (χ0v) is 17.9. The molecule has 30 heavy (non-hydrogen) atoms. The van der Waals surface area contributed by atoms with E-state index in [2.05, 4.69) is 88.9 Å². The van der Waals surface area contributed by atoms with Gasteiger partial charge in [-0.2, -0.15) is 0 Å². The molecule has 1 aromatic heterocycles. The fourth-order valence-corrected chi connectivity index (χ4v) is 4.64. The predicted molar refractivity (Wildman–Crippen MR) is 126 cm³/mol. The Kier molecular flexibility index (Phi) is 5.14. The number of rotatable bonds is 4. The van der Waals surface area contributed by atoms with E-state index in [1.165, 1.54) is 33.3 Å². The normalized spacial score (nSPS) is 17.5. The van der Waals surface area contributed by atoms with Gasteiger partial charge in [0.05, 0.1) is 6.04 Å². The highest BCUT2D eigenvalue weighted by Crippen LogP contribution is 2.41. The van der Waals surface area contributed by atoms with Crippen LogP contribution in [0.1, 0.15) is 35.7 Å². The molecule has 1 atom stereocenters. The van der Waals surface area contributed by atoms with Crippen LogP contribution in [0.15, 0.2) is 79.2 Å². The highest BCUT2D eigenvalue weighted by molar-refractivity contribution is 6.30. The van der Waals surface area contributed by atoms with Gasteiger partial charge < -0.3 is 14.8 Å². The summed E-state index contributed by atoms with van der Waals surface area (Å²) in [6.45, 7) is 1.97. The lowest BCUT2D eigenvalue weighted by molar-refractivity contribution is 0.252. The fraction of sp³-hybridized carbons (Fsp3) is 0.231. The Morgan fingerprint density at radius 1 is 1.00 bits per heavy atom. The van der Waals surface area contributed by atoms with Gasteiger partial charge in [0.25, 0.3) is 0 Å². The molecule has 2 aliphatic rings. The molecule has 4 heteroatoms. The lowest BCUT2D eigenvalue weighted by Crippen LogP contribution is -2.35. The van der Waals surface area contributed by atoms with E-state index in [1.807, 2.05) is 12.1 Å². The van der Waals surface area contributed by atoms with Gasteiger partial charge in [-0.05, 0) is 42.2 Å². The molecule has 0 saturated carbocycles. The number of aromatic nitrogens is 1. The van der Waals surface area contributed by atoms with E-state index in [0.29, 0.717) is 0 Å². The topological polar surface area (TPSA) is 22.3 Å². The number of aromatic amines is 1. The summed E-state index contributed by atoms with van der Waals surface area (Å²) < 4.78 is 0. The summed E-state index contributed by atoms with van der Waals surface area (Å²) in [4.78, 5) is 8.45. The lowest BCUT2D eigenvalue weighted by Gasteiger charge is -2.36. The van der Waals surface area contributed by atoms with Gasteiger partial charge in [-0.15, -0.1) is 0 Å². The van der Waals surface area contributed by atoms with Gasteiger partial charge in [0.15, 0.2) is 0 Å². The summed E-state index contributed by atoms with van der Waals surface area (Å²) in [5.41, 5.74) is 6.43. The van der Waals surface area contributed by atoms with Gasteiger partial charge in [-0.1, -0.05) is 60.2 Å². The quantitative estimate of drug-likeness (QED) is 0.535. The maximum atomic E-state index is 6.24. The smallest absolute Gasteiger partial charge is 0.0818 e. The SMILES string of the molecule is CN1C=CN(C(c2ccc(Cl)cc2)c2c(C3=CC=CCC3)[nH]c3ccccc23)CC1. The van der Waals surface area contributed by atoms with Crippen LogP contribution < -0.4 is 0 Å². The molecule has 1 aliphatic carbocycles. The van der Waals surface area contributed by atoms with E-state index in [4.69, 9.17) is 11.6 Å². The minimum atomic E-state index is 0.116. The van der Waals surface area contributed by atoms with Crippen molar-refractivity contribution in [2.75, 3.05) is 20.1 Å². The Hall–Kier alpha value is -2.91. The second-order valence-electron chi connectivity index (χ2n) is 8.09. The van der Waals surface area contributed by atoms with Crippen LogP contribution in [0.5, 0.6) is 0 Å². The summed E-state index contributed by atoms with van der Waals surface area (Å²) in [7, 11) is 2.13. The number of allylic oxidation sites excluding steroid dienone is 4. The molecule has 0 bridgehead atoms. The molecule has 5 rings (SSSR count). The van der Waals surface area contributed by atoms with Crippen molar-refractivity contribution < 1.29 is 0 Å². The summed E-state index contributed by atoms with van der Waals surface area (Å²) >= 11 is 6.24. The molecule has 1 aliphatic heterocycles. The summed E-state index contributed by atoms with van der Waals surface area (Å²) in [6, 6.07) is 17.1. The average Bonchev–Trinajstić information content (AvgIpc) is 3.17. The Labute approximate surface area is 183 Å². The molecule has 0 spiro atoms. The number of likely N-dealkylation sites (N-methyl/N-ethyl adjacent to an activating group) is 1. The van der Waals surface area contributed by atoms with Crippen molar-refractivity contribution in [2.45, 2.75) is 18.9 Å². The monoisotopic (exact) mass is 415 g/mol. The minimum absolute atomic E-state index is 0.116. The van der Waals surface area contributed by atoms with Crippen molar-refractivity contribution >= 4 is 28.1 Å². The molecule has 0 saturated heterocycles. The van der Waals surface area contributed by atoms with Crippen LogP contribution in [-0.2, 0) is 0 Å². The number of hydrogen-bond acceptors (Lipinski definition) is 2. The Balaban J connectivity index is 1.74. The molecule has 152 valence electrons. The van der Waals surface area contributed by atoms with Crippen molar-refractivity contribution in [1.82, 2.24) is 14.8 Å². The van der Waals surface area contributed by atoms with E-state index in [9.17, 15) is 0 Å². The maximum absolute atomic E-state index is 6.24. The van der Waals surface area contributed by atoms with Gasteiger partial charge in [0, 0.05) is 59.7 Å². The zero-order chi connectivity index (χ0) is 20.5. The average molecular weight is 416 g/mol. The first kappa shape index (κ1) is 19.1. The number of H-pyrrole nitrogens is 1. The maximum Gasteiger partial charge on any atom is 0.0818 e. The number of hydrogen-bond donors (Lipinski definition) is 1. The molecule has 3 aromatic rings. The molecule has 0 amide bonds. The number of para-hydroxylation sites is 1. The molecule has 0 radical (unpaired) electrons. The van der Waals surface area contributed by atoms with Crippen LogP contribution in [0.3, 0.4) is 0 Å². The van der Waals surface area contributed by atoms with E-state index < -0.39 is 0 Å². The summed E-state index contributed by atoms with van der Waals surface area (Å²) in [5.74, 6) is 0. The summed E-state index contributed by atoms with van der Waals surface area (Å²) in [6.07, 6.45) is 13.2. The largest absolute Gasteiger partial charge is 0.377 e. The number of fused-ring (bicyclic) bond motifs is 1. The highest BCUT2D eigenvalue weighted by atomic mass is 35.5. The number of halogens is 1. The van der Waals surface area contributed by atoms with Crippen molar-refractivity contribution in [3.05, 3.63) is 101 Å². The third kappa shape index (κ3) is 3.54. The molecule has 2 aromatic carbocycles. The molecule has 1 unspecified atom stereocenters. The van der Waals surface area contributed by atoms with Gasteiger partial charge in [-0.3, -0.25) is 0 Å². The first-order valence-corrected chi connectivity index (χ1v) is 10.9. The van der Waals surface area contributed by atoms with Gasteiger partial charge in [0.1, 0.15) is 0 Å². The van der Waals surface area contributed by atoms with Crippen LogP contribution in [0.4, 0.5) is 0 Å². The number of nitrogens with one attached hydrogen (secondary N) is 1. The molecule has 0 fully saturated rings. The Bertz CT molecular complexity index is 1140. The van der Waals surface area contributed by atoms with Crippen molar-refractivity contribution in [3.63, 3.8) is 0 Å². The summed E-state index contributed by atoms with van der Waals surface area (Å²) in [5, 5.41) is 2.06. The van der Waals surface area contributed by atoms with Crippen LogP contribution >= 0.6 is 11.6 Å². The van der Waals surface area contributed by atoms with E-state index in [-0.39, 0.29) is 6.04 Å². The Morgan fingerprint density at radius 2 is 1.83 bits per heavy atom. The first-order chi connectivity index (χ1) is 14.7. The zero-order valence-electron chi connectivity index (χ0n) is 17.2. The number of benzene rings is 2. The van der Waals surface area contributed by atoms with E-state index >= 15 is 0 Å². The fourth-order valence-electron chi connectivity index (χ4n) is 4.52. The van der Waals surface area contributed by atoms with Crippen molar-refractivity contribution in [2.24, 2.45) is 0 Å². The minimum Gasteiger partial charge on any atom is -0.377 e. The molecular formula is C26H26ClN3. The second kappa shape index (κ2) is 8.08. The third-order valence-corrected chi connectivity index (χ3v) is 6.35. The molecule has 2 heterocycles. The van der Waals surface area contributed by atoms with Gasteiger partial charge >= 0.3 is 0 Å². The van der Waals surface area contributed by atoms with Crippen LogP contribution in [0, 0.1) is 0 Å².